The molecule has 34 heavy (non-hydrogen) atoms. The predicted molar refractivity (Wildman–Crippen MR) is 129 cm³/mol. The molecule has 9 heteroatoms. The number of nitrogens with zero attached hydrogens (tertiary/aromatic N) is 1. The molecular weight excluding hydrogens is 456 g/mol. The van der Waals surface area contributed by atoms with E-state index in [1.165, 1.54) is 11.8 Å². The number of carbonyl (C=O) groups excluding carboxylic acids is 3. The molecule has 1 N–H and O–H groups in total. The van der Waals surface area contributed by atoms with Crippen molar-refractivity contribution >= 4 is 29.5 Å². The van der Waals surface area contributed by atoms with E-state index >= 15 is 0 Å². The fourth-order valence-electron chi connectivity index (χ4n) is 3.38. The van der Waals surface area contributed by atoms with Gasteiger partial charge in [0.2, 0.25) is 5.91 Å². The number of nitrogens with one attached hydrogen (secondary N) is 1. The molecular formula is C25H30N2O6S. The molecule has 1 saturated heterocycles. The van der Waals surface area contributed by atoms with E-state index in [2.05, 4.69) is 5.32 Å². The number of likely N-dealkylation sites (tertiary alicyclic amines) is 1. The molecule has 2 aromatic carbocycles. The van der Waals surface area contributed by atoms with Crippen molar-refractivity contribution in [2.45, 2.75) is 24.7 Å². The van der Waals surface area contributed by atoms with E-state index in [1.54, 1.807) is 36.4 Å². The second-order valence-electron chi connectivity index (χ2n) is 7.55. The van der Waals surface area contributed by atoms with Gasteiger partial charge in [0.05, 0.1) is 24.5 Å². The molecule has 0 saturated carbocycles. The Morgan fingerprint density at radius 2 is 1.65 bits per heavy atom. The number of hydrogen-bond donors (Lipinski definition) is 1. The summed E-state index contributed by atoms with van der Waals surface area (Å²) in [4.78, 5) is 39.3. The zero-order chi connectivity index (χ0) is 24.2. The largest absolute Gasteiger partial charge is 0.494 e. The van der Waals surface area contributed by atoms with Gasteiger partial charge in [-0.05, 0) is 56.2 Å². The number of ether oxygens (including phenoxy) is 3. The SMILES string of the molecule is CCOc1ccc(OCCNC(=O)COC(=O)c2ccccc2SCC(=O)N2CCCC2)cc1. The maximum Gasteiger partial charge on any atom is 0.339 e. The quantitative estimate of drug-likeness (QED) is 0.280. The van der Waals surface area contributed by atoms with Crippen molar-refractivity contribution < 1.29 is 28.6 Å². The van der Waals surface area contributed by atoms with Crippen LogP contribution in [-0.2, 0) is 14.3 Å². The maximum absolute atomic E-state index is 12.5. The third-order valence-electron chi connectivity index (χ3n) is 5.08. The van der Waals surface area contributed by atoms with E-state index in [0.717, 1.165) is 31.7 Å². The molecule has 8 nitrogen and oxygen atoms in total. The summed E-state index contributed by atoms with van der Waals surface area (Å²) in [6.07, 6.45) is 2.07. The Bertz CT molecular complexity index is 960. The lowest BCUT2D eigenvalue weighted by atomic mass is 10.2. The number of hydrogen-bond acceptors (Lipinski definition) is 7. The first-order valence-corrected chi connectivity index (χ1v) is 12.3. The first-order chi connectivity index (χ1) is 16.6. The highest BCUT2D eigenvalue weighted by molar-refractivity contribution is 8.00. The molecule has 0 spiro atoms. The van der Waals surface area contributed by atoms with E-state index in [4.69, 9.17) is 14.2 Å². The minimum atomic E-state index is -0.600. The number of amides is 2. The first-order valence-electron chi connectivity index (χ1n) is 11.4. The van der Waals surface area contributed by atoms with Crippen molar-refractivity contribution in [2.75, 3.05) is 45.2 Å². The average Bonchev–Trinajstić information content (AvgIpc) is 3.40. The minimum absolute atomic E-state index is 0.0671. The average molecular weight is 487 g/mol. The Kier molecular flexibility index (Phi) is 10.1. The molecule has 1 fully saturated rings. The molecule has 0 atom stereocenters. The summed E-state index contributed by atoms with van der Waals surface area (Å²) in [7, 11) is 0. The lowest BCUT2D eigenvalue weighted by Gasteiger charge is -2.15. The highest BCUT2D eigenvalue weighted by atomic mass is 32.2. The molecule has 2 amide bonds. The lowest BCUT2D eigenvalue weighted by Crippen LogP contribution is -2.32. The number of rotatable bonds is 12. The van der Waals surface area contributed by atoms with Crippen molar-refractivity contribution in [2.24, 2.45) is 0 Å². The van der Waals surface area contributed by atoms with Crippen LogP contribution in [0.2, 0.25) is 0 Å². The Balaban J connectivity index is 1.37. The van der Waals surface area contributed by atoms with Crippen molar-refractivity contribution in [3.8, 4) is 11.5 Å². The zero-order valence-electron chi connectivity index (χ0n) is 19.3. The van der Waals surface area contributed by atoms with E-state index < -0.39 is 18.5 Å². The highest BCUT2D eigenvalue weighted by Gasteiger charge is 2.20. The summed E-state index contributed by atoms with van der Waals surface area (Å²) >= 11 is 1.31. The molecule has 1 aliphatic rings. The smallest absolute Gasteiger partial charge is 0.339 e. The van der Waals surface area contributed by atoms with Crippen molar-refractivity contribution in [3.05, 3.63) is 54.1 Å². The normalized spacial score (nSPS) is 12.8. The molecule has 1 heterocycles. The van der Waals surface area contributed by atoms with Crippen LogP contribution in [0.3, 0.4) is 0 Å². The molecule has 0 bridgehead atoms. The zero-order valence-corrected chi connectivity index (χ0v) is 20.1. The summed E-state index contributed by atoms with van der Waals surface area (Å²) < 4.78 is 16.1. The van der Waals surface area contributed by atoms with Crippen LogP contribution in [0.5, 0.6) is 11.5 Å². The van der Waals surface area contributed by atoms with Gasteiger partial charge in [0, 0.05) is 18.0 Å². The van der Waals surface area contributed by atoms with Crippen LogP contribution in [0.15, 0.2) is 53.4 Å². The predicted octanol–water partition coefficient (Wildman–Crippen LogP) is 3.15. The van der Waals surface area contributed by atoms with Crippen LogP contribution in [0.4, 0.5) is 0 Å². The standard InChI is InChI=1S/C25H30N2O6S/c1-2-31-19-9-11-20(12-10-19)32-16-13-26-23(28)17-33-25(30)21-7-3-4-8-22(21)34-18-24(29)27-14-5-6-15-27/h3-4,7-12H,2,5-6,13-18H2,1H3,(H,26,28). The molecule has 0 radical (unpaired) electrons. The monoisotopic (exact) mass is 486 g/mol. The fourth-order valence-corrected chi connectivity index (χ4v) is 4.32. The fraction of sp³-hybridized carbons (Fsp3) is 0.400. The summed E-state index contributed by atoms with van der Waals surface area (Å²) in [5, 5.41) is 2.66. The maximum atomic E-state index is 12.5. The number of thioether (sulfide) groups is 1. The van der Waals surface area contributed by atoms with Gasteiger partial charge < -0.3 is 24.4 Å². The van der Waals surface area contributed by atoms with E-state index in [9.17, 15) is 14.4 Å². The Hall–Kier alpha value is -3.20. The van der Waals surface area contributed by atoms with E-state index in [-0.39, 0.29) is 24.8 Å². The van der Waals surface area contributed by atoms with E-state index in [0.29, 0.717) is 22.8 Å². The number of carbonyl (C=O) groups is 3. The van der Waals surface area contributed by atoms with Crippen LogP contribution < -0.4 is 14.8 Å². The molecule has 2 aromatic rings. The molecule has 0 aromatic heterocycles. The van der Waals surface area contributed by atoms with Gasteiger partial charge in [0.1, 0.15) is 18.1 Å². The first kappa shape index (κ1) is 25.4. The summed E-state index contributed by atoms with van der Waals surface area (Å²) in [5.41, 5.74) is 0.341. The Morgan fingerprint density at radius 3 is 2.35 bits per heavy atom. The topological polar surface area (TPSA) is 94.2 Å². The second kappa shape index (κ2) is 13.5. The summed E-state index contributed by atoms with van der Waals surface area (Å²) in [6, 6.07) is 14.2. The summed E-state index contributed by atoms with van der Waals surface area (Å²) in [6.45, 7) is 4.26. The van der Waals surface area contributed by atoms with Crippen molar-refractivity contribution in [1.29, 1.82) is 0 Å². The van der Waals surface area contributed by atoms with Gasteiger partial charge in [-0.25, -0.2) is 4.79 Å². The van der Waals surface area contributed by atoms with E-state index in [1.807, 2.05) is 24.0 Å². The van der Waals surface area contributed by atoms with Gasteiger partial charge >= 0.3 is 5.97 Å². The highest BCUT2D eigenvalue weighted by Crippen LogP contribution is 2.24. The van der Waals surface area contributed by atoms with Crippen LogP contribution in [0, 0.1) is 0 Å². The Morgan fingerprint density at radius 1 is 0.971 bits per heavy atom. The molecule has 0 unspecified atom stereocenters. The number of esters is 1. The van der Waals surface area contributed by atoms with Crippen molar-refractivity contribution in [1.82, 2.24) is 10.2 Å². The van der Waals surface area contributed by atoms with Crippen LogP contribution in [-0.4, -0.2) is 67.9 Å². The lowest BCUT2D eigenvalue weighted by molar-refractivity contribution is -0.127. The molecule has 1 aliphatic heterocycles. The molecule has 0 aliphatic carbocycles. The van der Waals surface area contributed by atoms with Crippen LogP contribution in [0.1, 0.15) is 30.1 Å². The van der Waals surface area contributed by atoms with Gasteiger partial charge in [-0.2, -0.15) is 0 Å². The van der Waals surface area contributed by atoms with Gasteiger partial charge in [-0.3, -0.25) is 9.59 Å². The second-order valence-corrected chi connectivity index (χ2v) is 8.57. The van der Waals surface area contributed by atoms with Crippen molar-refractivity contribution in [3.63, 3.8) is 0 Å². The van der Waals surface area contributed by atoms with Gasteiger partial charge in [-0.1, -0.05) is 12.1 Å². The minimum Gasteiger partial charge on any atom is -0.494 e. The van der Waals surface area contributed by atoms with Gasteiger partial charge in [0.15, 0.2) is 6.61 Å². The van der Waals surface area contributed by atoms with Gasteiger partial charge in [0.25, 0.3) is 5.91 Å². The third-order valence-corrected chi connectivity index (χ3v) is 6.14. The summed E-state index contributed by atoms with van der Waals surface area (Å²) in [5.74, 6) is 0.747. The Labute approximate surface area is 203 Å². The number of benzene rings is 2. The molecule has 3 rings (SSSR count). The van der Waals surface area contributed by atoms with Crippen LogP contribution in [0.25, 0.3) is 0 Å². The van der Waals surface area contributed by atoms with Crippen LogP contribution >= 0.6 is 11.8 Å². The molecule has 182 valence electrons. The third kappa shape index (κ3) is 7.98. The van der Waals surface area contributed by atoms with Gasteiger partial charge in [-0.15, -0.1) is 11.8 Å².